The van der Waals surface area contributed by atoms with Crippen LogP contribution in [0.1, 0.15) is 40.3 Å². The van der Waals surface area contributed by atoms with E-state index in [4.69, 9.17) is 19.3 Å². The van der Waals surface area contributed by atoms with Crippen molar-refractivity contribution in [2.45, 2.75) is 40.0 Å². The molecule has 0 fully saturated rings. The quantitative estimate of drug-likeness (QED) is 0.362. The number of carbonyl (C=O) groups is 2. The van der Waals surface area contributed by atoms with Crippen molar-refractivity contribution < 1.29 is 23.8 Å². The topological polar surface area (TPSA) is 107 Å². The zero-order valence-corrected chi connectivity index (χ0v) is 24.0. The van der Waals surface area contributed by atoms with Gasteiger partial charge in [-0.25, -0.2) is 9.48 Å². The Morgan fingerprint density at radius 1 is 0.897 bits per heavy atom. The van der Waals surface area contributed by atoms with Crippen LogP contribution in [0.4, 0.5) is 16.3 Å². The van der Waals surface area contributed by atoms with Gasteiger partial charge >= 0.3 is 6.03 Å². The SMILES string of the molecule is COc1ccc(-n2nc(C(C)(C)C)cc2NC(=O)CN(CC(C)C)C(=O)Nc2cc(OC)cc(OC)c2)cc1. The maximum absolute atomic E-state index is 13.3. The highest BCUT2D eigenvalue weighted by Gasteiger charge is 2.24. The van der Waals surface area contributed by atoms with Crippen LogP contribution >= 0.6 is 0 Å². The Kier molecular flexibility index (Phi) is 9.45. The van der Waals surface area contributed by atoms with E-state index in [0.717, 1.165) is 17.1 Å². The first-order valence-electron chi connectivity index (χ1n) is 12.8. The van der Waals surface area contributed by atoms with E-state index in [0.29, 0.717) is 29.5 Å². The van der Waals surface area contributed by atoms with Crippen LogP contribution in [-0.4, -0.2) is 61.0 Å². The van der Waals surface area contributed by atoms with Gasteiger partial charge in [0.15, 0.2) is 0 Å². The van der Waals surface area contributed by atoms with Crippen LogP contribution in [0.3, 0.4) is 0 Å². The molecule has 1 heterocycles. The van der Waals surface area contributed by atoms with Gasteiger partial charge in [0.1, 0.15) is 29.6 Å². The second kappa shape index (κ2) is 12.6. The molecule has 210 valence electrons. The summed E-state index contributed by atoms with van der Waals surface area (Å²) in [5, 5.41) is 10.6. The number of hydrogen-bond acceptors (Lipinski definition) is 6. The molecule has 0 bridgehead atoms. The van der Waals surface area contributed by atoms with E-state index in [1.807, 2.05) is 44.2 Å². The van der Waals surface area contributed by atoms with Gasteiger partial charge in [-0.1, -0.05) is 34.6 Å². The Morgan fingerprint density at radius 2 is 1.49 bits per heavy atom. The van der Waals surface area contributed by atoms with Crippen molar-refractivity contribution in [3.63, 3.8) is 0 Å². The van der Waals surface area contributed by atoms with Crippen molar-refractivity contribution in [2.24, 2.45) is 5.92 Å². The third-order valence-corrected chi connectivity index (χ3v) is 5.87. The second-order valence-corrected chi connectivity index (χ2v) is 10.6. The molecule has 0 unspecified atom stereocenters. The largest absolute Gasteiger partial charge is 0.497 e. The number of nitrogens with zero attached hydrogens (tertiary/aromatic N) is 3. The van der Waals surface area contributed by atoms with Gasteiger partial charge in [-0.15, -0.1) is 0 Å². The number of ether oxygens (including phenoxy) is 3. The van der Waals surface area contributed by atoms with Crippen molar-refractivity contribution in [3.8, 4) is 22.9 Å². The number of hydrogen-bond donors (Lipinski definition) is 2. The van der Waals surface area contributed by atoms with E-state index in [1.165, 1.54) is 19.1 Å². The zero-order valence-electron chi connectivity index (χ0n) is 24.0. The third kappa shape index (κ3) is 7.89. The maximum atomic E-state index is 13.3. The first kappa shape index (κ1) is 29.3. The fourth-order valence-electron chi connectivity index (χ4n) is 3.85. The Hall–Kier alpha value is -4.21. The van der Waals surface area contributed by atoms with E-state index < -0.39 is 6.03 Å². The molecule has 0 aliphatic heterocycles. The average molecular weight is 538 g/mol. The standard InChI is InChI=1S/C29H39N5O5/c1-19(2)17-33(28(36)30-20-13-23(38-7)15-24(14-20)39-8)18-27(35)31-26-16-25(29(3,4)5)32-34(26)21-9-11-22(37-6)12-10-21/h9-16,19H,17-18H2,1-8H3,(H,30,36)(H,31,35). The highest BCUT2D eigenvalue weighted by molar-refractivity contribution is 5.97. The van der Waals surface area contributed by atoms with Gasteiger partial charge in [0.2, 0.25) is 5.91 Å². The first-order chi connectivity index (χ1) is 18.4. The molecule has 0 aliphatic rings. The molecule has 1 aromatic heterocycles. The molecule has 3 rings (SSSR count). The van der Waals surface area contributed by atoms with E-state index >= 15 is 0 Å². The smallest absolute Gasteiger partial charge is 0.322 e. The normalized spacial score (nSPS) is 11.2. The Bertz CT molecular complexity index is 1260. The van der Waals surface area contributed by atoms with Gasteiger partial charge in [0, 0.05) is 41.9 Å². The maximum Gasteiger partial charge on any atom is 0.322 e. The lowest BCUT2D eigenvalue weighted by molar-refractivity contribution is -0.116. The van der Waals surface area contributed by atoms with Crippen LogP contribution in [-0.2, 0) is 10.2 Å². The van der Waals surface area contributed by atoms with Crippen molar-refractivity contribution >= 4 is 23.4 Å². The van der Waals surface area contributed by atoms with Gasteiger partial charge in [-0.2, -0.15) is 5.10 Å². The number of anilines is 2. The lowest BCUT2D eigenvalue weighted by Gasteiger charge is -2.24. The number of aromatic nitrogens is 2. The van der Waals surface area contributed by atoms with Crippen LogP contribution < -0.4 is 24.8 Å². The van der Waals surface area contributed by atoms with Crippen LogP contribution in [0, 0.1) is 5.92 Å². The molecule has 0 radical (unpaired) electrons. The minimum Gasteiger partial charge on any atom is -0.497 e. The molecule has 10 nitrogen and oxygen atoms in total. The highest BCUT2D eigenvalue weighted by Crippen LogP contribution is 2.28. The van der Waals surface area contributed by atoms with Crippen LogP contribution in [0.15, 0.2) is 48.5 Å². The van der Waals surface area contributed by atoms with Gasteiger partial charge in [0.25, 0.3) is 0 Å². The molecule has 2 N–H and O–H groups in total. The predicted molar refractivity (Wildman–Crippen MR) is 152 cm³/mol. The lowest BCUT2D eigenvalue weighted by Crippen LogP contribution is -2.42. The van der Waals surface area contributed by atoms with E-state index in [9.17, 15) is 9.59 Å². The summed E-state index contributed by atoms with van der Waals surface area (Å²) in [6.07, 6.45) is 0. The number of amides is 3. The first-order valence-corrected chi connectivity index (χ1v) is 12.8. The van der Waals surface area contributed by atoms with E-state index in [-0.39, 0.29) is 23.8 Å². The monoisotopic (exact) mass is 537 g/mol. The number of methoxy groups -OCH3 is 3. The number of rotatable bonds is 10. The van der Waals surface area contributed by atoms with Crippen LogP contribution in [0.2, 0.25) is 0 Å². The second-order valence-electron chi connectivity index (χ2n) is 10.6. The fourth-order valence-corrected chi connectivity index (χ4v) is 3.85. The summed E-state index contributed by atoms with van der Waals surface area (Å²) in [5.41, 5.74) is 1.85. The van der Waals surface area contributed by atoms with Crippen LogP contribution in [0.25, 0.3) is 5.69 Å². The summed E-state index contributed by atoms with van der Waals surface area (Å²) in [4.78, 5) is 28.0. The molecule has 0 spiro atoms. The molecule has 0 saturated heterocycles. The predicted octanol–water partition coefficient (Wildman–Crippen LogP) is 5.32. The Morgan fingerprint density at radius 3 is 2.00 bits per heavy atom. The van der Waals surface area contributed by atoms with Crippen molar-refractivity contribution in [1.29, 1.82) is 0 Å². The Balaban J connectivity index is 1.83. The summed E-state index contributed by atoms with van der Waals surface area (Å²) in [7, 11) is 4.69. The van der Waals surface area contributed by atoms with Crippen molar-refractivity contribution in [2.75, 3.05) is 45.1 Å². The van der Waals surface area contributed by atoms with Crippen LogP contribution in [0.5, 0.6) is 17.2 Å². The lowest BCUT2D eigenvalue weighted by atomic mass is 9.92. The molecule has 39 heavy (non-hydrogen) atoms. The molecular formula is C29H39N5O5. The summed E-state index contributed by atoms with van der Waals surface area (Å²) >= 11 is 0. The molecule has 3 aromatic rings. The minimum absolute atomic E-state index is 0.140. The molecular weight excluding hydrogens is 498 g/mol. The third-order valence-electron chi connectivity index (χ3n) is 5.87. The van der Waals surface area contributed by atoms with Gasteiger partial charge in [-0.05, 0) is 30.2 Å². The number of benzene rings is 2. The number of carbonyl (C=O) groups excluding carboxylic acids is 2. The van der Waals surface area contributed by atoms with Gasteiger partial charge in [-0.3, -0.25) is 4.79 Å². The fraction of sp³-hybridized carbons (Fsp3) is 0.414. The van der Waals surface area contributed by atoms with E-state index in [2.05, 4.69) is 31.4 Å². The van der Waals surface area contributed by atoms with Gasteiger partial charge in [0.05, 0.1) is 32.7 Å². The number of nitrogens with one attached hydrogen (secondary N) is 2. The molecule has 0 aliphatic carbocycles. The highest BCUT2D eigenvalue weighted by atomic mass is 16.5. The number of urea groups is 1. The average Bonchev–Trinajstić information content (AvgIpc) is 3.32. The summed E-state index contributed by atoms with van der Waals surface area (Å²) < 4.78 is 17.6. The van der Waals surface area contributed by atoms with E-state index in [1.54, 1.807) is 30.0 Å². The molecule has 2 aromatic carbocycles. The van der Waals surface area contributed by atoms with Crippen molar-refractivity contribution in [1.82, 2.24) is 14.7 Å². The zero-order chi connectivity index (χ0) is 28.7. The summed E-state index contributed by atoms with van der Waals surface area (Å²) in [5.74, 6) is 2.11. The molecule has 0 saturated carbocycles. The molecule has 0 atom stereocenters. The summed E-state index contributed by atoms with van der Waals surface area (Å²) in [6, 6.07) is 14.0. The summed E-state index contributed by atoms with van der Waals surface area (Å²) in [6.45, 7) is 10.4. The Labute approximate surface area is 230 Å². The minimum atomic E-state index is -0.409. The molecule has 10 heteroatoms. The molecule has 3 amide bonds. The van der Waals surface area contributed by atoms with Crippen molar-refractivity contribution in [3.05, 3.63) is 54.2 Å². The van der Waals surface area contributed by atoms with Gasteiger partial charge < -0.3 is 29.7 Å².